The van der Waals surface area contributed by atoms with Gasteiger partial charge in [0.15, 0.2) is 0 Å². The van der Waals surface area contributed by atoms with Gasteiger partial charge in [-0.1, -0.05) is 12.1 Å². The van der Waals surface area contributed by atoms with Crippen LogP contribution in [0.15, 0.2) is 36.7 Å². The molecule has 9 heteroatoms. The molecule has 1 heterocycles. The summed E-state index contributed by atoms with van der Waals surface area (Å²) < 4.78 is 49.7. The number of rotatable bonds is 4. The summed E-state index contributed by atoms with van der Waals surface area (Å²) in [5, 5.41) is 0. The Balaban J connectivity index is 2.78. The number of nitrogens with zero attached hydrogens (tertiary/aromatic N) is 3. The molecule has 0 radical (unpaired) electrons. The van der Waals surface area contributed by atoms with Crippen molar-refractivity contribution in [3.8, 4) is 5.69 Å². The van der Waals surface area contributed by atoms with E-state index >= 15 is 0 Å². The summed E-state index contributed by atoms with van der Waals surface area (Å²) >= 11 is 0. The topological polar surface area (TPSA) is 89.3 Å². The molecule has 0 bridgehead atoms. The highest BCUT2D eigenvalue weighted by atomic mass is 32.3. The molecule has 7 nitrogen and oxygen atoms in total. The van der Waals surface area contributed by atoms with Gasteiger partial charge >= 0.3 is 0 Å². The van der Waals surface area contributed by atoms with Gasteiger partial charge in [-0.25, -0.2) is 21.8 Å². The Labute approximate surface area is 124 Å². The standard InChI is InChI=1S/C12H15N3O4S2/c1-10-13-8-9-14(10)11-6-4-5-7-12(11)15(20(2,16)17)21(3,18)19/h4-9H,1-3H3. The Kier molecular flexibility index (Phi) is 3.81. The third-order valence-electron chi connectivity index (χ3n) is 2.77. The normalized spacial score (nSPS) is 12.3. The first-order chi connectivity index (χ1) is 9.62. The Morgan fingerprint density at radius 3 is 2.10 bits per heavy atom. The van der Waals surface area contributed by atoms with Crippen LogP contribution in [0.25, 0.3) is 5.69 Å². The Morgan fingerprint density at radius 2 is 1.62 bits per heavy atom. The second kappa shape index (κ2) is 5.15. The van der Waals surface area contributed by atoms with Gasteiger partial charge in [0, 0.05) is 12.4 Å². The average Bonchev–Trinajstić information content (AvgIpc) is 2.72. The minimum Gasteiger partial charge on any atom is -0.302 e. The molecule has 0 saturated carbocycles. The van der Waals surface area contributed by atoms with Crippen LogP contribution in [-0.2, 0) is 20.0 Å². The van der Waals surface area contributed by atoms with Crippen LogP contribution in [0.4, 0.5) is 5.69 Å². The number of hydrogen-bond donors (Lipinski definition) is 0. The van der Waals surface area contributed by atoms with E-state index in [1.54, 1.807) is 42.1 Å². The van der Waals surface area contributed by atoms with E-state index in [0.29, 0.717) is 15.2 Å². The number of anilines is 1. The molecular weight excluding hydrogens is 314 g/mol. The van der Waals surface area contributed by atoms with Gasteiger partial charge in [-0.3, -0.25) is 0 Å². The monoisotopic (exact) mass is 329 g/mol. The van der Waals surface area contributed by atoms with E-state index in [0.717, 1.165) is 12.5 Å². The van der Waals surface area contributed by atoms with Crippen molar-refractivity contribution in [1.29, 1.82) is 0 Å². The molecule has 0 amide bonds. The molecule has 0 aliphatic heterocycles. The van der Waals surface area contributed by atoms with Gasteiger partial charge in [0.05, 0.1) is 23.9 Å². The summed E-state index contributed by atoms with van der Waals surface area (Å²) in [7, 11) is -7.98. The molecule has 0 spiro atoms. The summed E-state index contributed by atoms with van der Waals surface area (Å²) in [6.07, 6.45) is 4.89. The quantitative estimate of drug-likeness (QED) is 0.831. The molecule has 114 valence electrons. The largest absolute Gasteiger partial charge is 0.302 e. The zero-order chi connectivity index (χ0) is 15.8. The molecule has 0 aliphatic rings. The highest BCUT2D eigenvalue weighted by molar-refractivity contribution is 8.09. The van der Waals surface area contributed by atoms with E-state index < -0.39 is 20.0 Å². The van der Waals surface area contributed by atoms with Crippen molar-refractivity contribution in [3.05, 3.63) is 42.5 Å². The maximum absolute atomic E-state index is 11.9. The zero-order valence-electron chi connectivity index (χ0n) is 11.8. The Bertz CT molecular complexity index is 837. The van der Waals surface area contributed by atoms with Crippen LogP contribution in [-0.4, -0.2) is 38.9 Å². The van der Waals surface area contributed by atoms with E-state index in [-0.39, 0.29) is 5.69 Å². The van der Waals surface area contributed by atoms with E-state index in [9.17, 15) is 16.8 Å². The van der Waals surface area contributed by atoms with Gasteiger partial charge in [0.1, 0.15) is 5.82 Å². The first-order valence-corrected chi connectivity index (χ1v) is 9.62. The van der Waals surface area contributed by atoms with Crippen molar-refractivity contribution in [2.45, 2.75) is 6.92 Å². The number of aryl methyl sites for hydroxylation is 1. The van der Waals surface area contributed by atoms with Gasteiger partial charge < -0.3 is 4.57 Å². The van der Waals surface area contributed by atoms with E-state index in [1.807, 2.05) is 0 Å². The van der Waals surface area contributed by atoms with Crippen molar-refractivity contribution in [3.63, 3.8) is 0 Å². The highest BCUT2D eigenvalue weighted by Crippen LogP contribution is 2.29. The number of sulfonamides is 2. The summed E-state index contributed by atoms with van der Waals surface area (Å²) in [4.78, 5) is 4.06. The first kappa shape index (κ1) is 15.5. The van der Waals surface area contributed by atoms with E-state index in [2.05, 4.69) is 4.98 Å². The predicted octanol–water partition coefficient (Wildman–Crippen LogP) is 0.906. The van der Waals surface area contributed by atoms with Crippen molar-refractivity contribution < 1.29 is 16.8 Å². The van der Waals surface area contributed by atoms with Crippen LogP contribution in [0.2, 0.25) is 0 Å². The number of benzene rings is 1. The number of hydrogen-bond acceptors (Lipinski definition) is 5. The van der Waals surface area contributed by atoms with Crippen molar-refractivity contribution in [2.75, 3.05) is 16.2 Å². The van der Waals surface area contributed by atoms with Gasteiger partial charge in [-0.05, 0) is 19.1 Å². The van der Waals surface area contributed by atoms with Crippen molar-refractivity contribution >= 4 is 25.7 Å². The predicted molar refractivity (Wildman–Crippen MR) is 80.5 cm³/mol. The maximum Gasteiger partial charge on any atom is 0.245 e. The third kappa shape index (κ3) is 3.08. The summed E-state index contributed by atoms with van der Waals surface area (Å²) in [6, 6.07) is 6.35. The smallest absolute Gasteiger partial charge is 0.245 e. The van der Waals surface area contributed by atoms with Crippen LogP contribution in [0, 0.1) is 6.92 Å². The first-order valence-electron chi connectivity index (χ1n) is 5.92. The molecule has 21 heavy (non-hydrogen) atoms. The third-order valence-corrected chi connectivity index (χ3v) is 5.99. The Morgan fingerprint density at radius 1 is 1.05 bits per heavy atom. The summed E-state index contributed by atoms with van der Waals surface area (Å²) in [5.74, 6) is 0.615. The molecule has 1 aromatic carbocycles. The fourth-order valence-corrected chi connectivity index (χ4v) is 5.05. The Hall–Kier alpha value is -1.87. The lowest BCUT2D eigenvalue weighted by Crippen LogP contribution is -2.36. The average molecular weight is 329 g/mol. The number of para-hydroxylation sites is 2. The molecule has 0 N–H and O–H groups in total. The molecule has 0 atom stereocenters. The summed E-state index contributed by atoms with van der Waals surface area (Å²) in [5.41, 5.74) is 0.479. The van der Waals surface area contributed by atoms with Gasteiger partial charge in [-0.2, -0.15) is 3.71 Å². The zero-order valence-corrected chi connectivity index (χ0v) is 13.4. The molecule has 0 aliphatic carbocycles. The maximum atomic E-state index is 11.9. The van der Waals surface area contributed by atoms with Gasteiger partial charge in [0.2, 0.25) is 20.0 Å². The molecule has 2 aromatic rings. The van der Waals surface area contributed by atoms with E-state index in [1.165, 1.54) is 6.07 Å². The van der Waals surface area contributed by atoms with Gasteiger partial charge in [0.25, 0.3) is 0 Å². The van der Waals surface area contributed by atoms with Crippen LogP contribution in [0.5, 0.6) is 0 Å². The molecular formula is C12H15N3O4S2. The lowest BCUT2D eigenvalue weighted by molar-refractivity contribution is 0.590. The molecule has 2 rings (SSSR count). The van der Waals surface area contributed by atoms with E-state index in [4.69, 9.17) is 0 Å². The lowest BCUT2D eigenvalue weighted by atomic mass is 10.2. The van der Waals surface area contributed by atoms with Crippen LogP contribution >= 0.6 is 0 Å². The second-order valence-corrected chi connectivity index (χ2v) is 8.45. The molecule has 0 saturated heterocycles. The fourth-order valence-electron chi connectivity index (χ4n) is 2.06. The minimum atomic E-state index is -3.99. The fraction of sp³-hybridized carbons (Fsp3) is 0.250. The summed E-state index contributed by atoms with van der Waals surface area (Å²) in [6.45, 7) is 1.74. The molecule has 1 aromatic heterocycles. The SMILES string of the molecule is Cc1nccn1-c1ccccc1N(S(C)(=O)=O)S(C)(=O)=O. The van der Waals surface area contributed by atoms with Crippen LogP contribution < -0.4 is 3.71 Å². The van der Waals surface area contributed by atoms with Gasteiger partial charge in [-0.15, -0.1) is 0 Å². The number of imidazole rings is 1. The minimum absolute atomic E-state index is 0.0589. The van der Waals surface area contributed by atoms with Crippen molar-refractivity contribution in [1.82, 2.24) is 9.55 Å². The highest BCUT2D eigenvalue weighted by Gasteiger charge is 2.29. The van der Waals surface area contributed by atoms with Crippen LogP contribution in [0.3, 0.4) is 0 Å². The lowest BCUT2D eigenvalue weighted by Gasteiger charge is -2.23. The molecule has 0 fully saturated rings. The number of aromatic nitrogens is 2. The van der Waals surface area contributed by atoms with Crippen LogP contribution in [0.1, 0.15) is 5.82 Å². The van der Waals surface area contributed by atoms with Crippen molar-refractivity contribution in [2.24, 2.45) is 0 Å². The molecule has 0 unspecified atom stereocenters. The second-order valence-electron chi connectivity index (χ2n) is 4.56.